The quantitative estimate of drug-likeness (QED) is 0.219. The molecule has 1 amide bonds. The minimum absolute atomic E-state index is 0.106. The Labute approximate surface area is 234 Å². The maximum atomic E-state index is 14.7. The first-order chi connectivity index (χ1) is 18.4. The molecule has 6 nitrogen and oxygen atoms in total. The van der Waals surface area contributed by atoms with Crippen LogP contribution in [-0.2, 0) is 11.2 Å². The molecule has 3 heterocycles. The van der Waals surface area contributed by atoms with Crippen molar-refractivity contribution in [1.29, 1.82) is 0 Å². The van der Waals surface area contributed by atoms with Crippen molar-refractivity contribution in [2.24, 2.45) is 0 Å². The molecular formula is C29H26BrFN4O2S. The fraction of sp³-hybridized carbons (Fsp3) is 0.207. The van der Waals surface area contributed by atoms with Crippen molar-refractivity contribution in [3.8, 4) is 11.3 Å². The summed E-state index contributed by atoms with van der Waals surface area (Å²) in [6.07, 6.45) is 2.77. The first-order valence-electron chi connectivity index (χ1n) is 12.4. The molecule has 0 spiro atoms. The number of halogens is 2. The summed E-state index contributed by atoms with van der Waals surface area (Å²) >= 11 is 8.99. The number of para-hydroxylation sites is 1. The largest absolute Gasteiger partial charge is 0.459 e. The van der Waals surface area contributed by atoms with Crippen LogP contribution >= 0.6 is 28.1 Å². The van der Waals surface area contributed by atoms with E-state index in [9.17, 15) is 9.18 Å². The summed E-state index contributed by atoms with van der Waals surface area (Å²) in [5.41, 5.74) is 3.05. The van der Waals surface area contributed by atoms with Gasteiger partial charge in [0.1, 0.15) is 23.4 Å². The van der Waals surface area contributed by atoms with Crippen LogP contribution in [0.25, 0.3) is 11.3 Å². The van der Waals surface area contributed by atoms with Crippen molar-refractivity contribution in [3.63, 3.8) is 0 Å². The molecule has 2 aromatic heterocycles. The third kappa shape index (κ3) is 5.49. The van der Waals surface area contributed by atoms with Crippen molar-refractivity contribution in [2.45, 2.75) is 31.8 Å². The van der Waals surface area contributed by atoms with Gasteiger partial charge in [0, 0.05) is 29.3 Å². The number of nitrogens with one attached hydrogen (secondary N) is 2. The minimum atomic E-state index is -0.387. The second kappa shape index (κ2) is 11.4. The Balaban J connectivity index is 1.41. The van der Waals surface area contributed by atoms with E-state index in [4.69, 9.17) is 16.6 Å². The molecule has 0 saturated carbocycles. The highest BCUT2D eigenvalue weighted by Gasteiger charge is 2.41. The lowest BCUT2D eigenvalue weighted by Crippen LogP contribution is -2.32. The molecule has 2 aromatic carbocycles. The minimum Gasteiger partial charge on any atom is -0.459 e. The normalized spacial score (nSPS) is 16.9. The van der Waals surface area contributed by atoms with Gasteiger partial charge in [-0.3, -0.25) is 9.78 Å². The highest BCUT2D eigenvalue weighted by molar-refractivity contribution is 9.10. The Morgan fingerprint density at radius 2 is 1.97 bits per heavy atom. The van der Waals surface area contributed by atoms with Crippen LogP contribution in [0.3, 0.4) is 0 Å². The predicted octanol–water partition coefficient (Wildman–Crippen LogP) is 6.81. The molecule has 0 bridgehead atoms. The van der Waals surface area contributed by atoms with Crippen molar-refractivity contribution in [3.05, 3.63) is 106 Å². The zero-order chi connectivity index (χ0) is 26.6. The number of amides is 1. The summed E-state index contributed by atoms with van der Waals surface area (Å²) in [4.78, 5) is 19.4. The van der Waals surface area contributed by atoms with E-state index in [-0.39, 0.29) is 30.2 Å². The number of nitrogens with zero attached hydrogens (tertiary/aromatic N) is 2. The molecule has 1 fully saturated rings. The molecule has 0 radical (unpaired) electrons. The maximum absolute atomic E-state index is 14.7. The van der Waals surface area contributed by atoms with E-state index in [0.29, 0.717) is 33.2 Å². The first kappa shape index (κ1) is 26.1. The lowest BCUT2D eigenvalue weighted by atomic mass is 10.0. The number of hydrogen-bond donors (Lipinski definition) is 2. The van der Waals surface area contributed by atoms with Crippen LogP contribution in [0.2, 0.25) is 0 Å². The van der Waals surface area contributed by atoms with Gasteiger partial charge in [0.25, 0.3) is 0 Å². The van der Waals surface area contributed by atoms with Crippen LogP contribution in [0.4, 0.5) is 10.1 Å². The van der Waals surface area contributed by atoms with E-state index < -0.39 is 0 Å². The molecule has 1 aliphatic heterocycles. The van der Waals surface area contributed by atoms with Crippen molar-refractivity contribution >= 4 is 44.9 Å². The Morgan fingerprint density at radius 1 is 1.16 bits per heavy atom. The zero-order valence-corrected chi connectivity index (χ0v) is 23.1. The van der Waals surface area contributed by atoms with E-state index >= 15 is 0 Å². The Morgan fingerprint density at radius 3 is 2.74 bits per heavy atom. The zero-order valence-electron chi connectivity index (χ0n) is 20.7. The Hall–Kier alpha value is -3.56. The highest BCUT2D eigenvalue weighted by atomic mass is 79.9. The smallest absolute Gasteiger partial charge is 0.226 e. The number of hydrogen-bond acceptors (Lipinski definition) is 4. The molecule has 0 aliphatic carbocycles. The second-order valence-electron chi connectivity index (χ2n) is 8.96. The third-order valence-corrected chi connectivity index (χ3v) is 7.41. The molecule has 4 aromatic rings. The van der Waals surface area contributed by atoms with Gasteiger partial charge >= 0.3 is 0 Å². The number of thiocarbonyl (C=S) groups is 1. The molecule has 2 N–H and O–H groups in total. The van der Waals surface area contributed by atoms with Gasteiger partial charge in [-0.15, -0.1) is 0 Å². The number of carbonyl (C=O) groups excluding carboxylic acids is 1. The molecule has 5 rings (SSSR count). The molecule has 9 heteroatoms. The summed E-state index contributed by atoms with van der Waals surface area (Å²) in [7, 11) is 0. The van der Waals surface area contributed by atoms with E-state index in [1.165, 1.54) is 6.07 Å². The van der Waals surface area contributed by atoms with Gasteiger partial charge in [-0.2, -0.15) is 0 Å². The summed E-state index contributed by atoms with van der Waals surface area (Å²) in [6, 6.07) is 21.2. The topological polar surface area (TPSA) is 70.4 Å². The third-order valence-electron chi connectivity index (χ3n) is 6.56. The lowest BCUT2D eigenvalue weighted by Gasteiger charge is -2.26. The number of aryl methyl sites for hydroxylation is 1. The van der Waals surface area contributed by atoms with Crippen LogP contribution in [0, 0.1) is 5.82 Å². The fourth-order valence-electron chi connectivity index (χ4n) is 4.69. The monoisotopic (exact) mass is 592 g/mol. The molecule has 2 atom stereocenters. The van der Waals surface area contributed by atoms with Gasteiger partial charge in [0.15, 0.2) is 5.11 Å². The molecule has 38 heavy (non-hydrogen) atoms. The number of furan rings is 1. The molecule has 0 unspecified atom stereocenters. The summed E-state index contributed by atoms with van der Waals surface area (Å²) in [5.74, 6) is 0.520. The summed E-state index contributed by atoms with van der Waals surface area (Å²) in [6.45, 7) is 2.42. The fourth-order valence-corrected chi connectivity index (χ4v) is 5.35. The number of carbonyl (C=O) groups is 1. The second-order valence-corrected chi connectivity index (χ2v) is 10.3. The van der Waals surface area contributed by atoms with Gasteiger partial charge in [-0.25, -0.2) is 4.39 Å². The van der Waals surface area contributed by atoms with Crippen molar-refractivity contribution in [1.82, 2.24) is 15.2 Å². The van der Waals surface area contributed by atoms with Crippen LogP contribution in [-0.4, -0.2) is 27.4 Å². The predicted molar refractivity (Wildman–Crippen MR) is 153 cm³/mol. The summed E-state index contributed by atoms with van der Waals surface area (Å²) < 4.78 is 21.5. The maximum Gasteiger partial charge on any atom is 0.226 e. The van der Waals surface area contributed by atoms with Gasteiger partial charge in [0.05, 0.1) is 17.3 Å². The molecule has 194 valence electrons. The Kier molecular flexibility index (Phi) is 7.85. The van der Waals surface area contributed by atoms with E-state index in [1.54, 1.807) is 24.4 Å². The SMILES string of the molecule is CCc1ccccc1NC(=O)CCN1C(=S)N[C@@H](c2ccccn2)[C@H]1c1ccc(-c2ccc(Br)cc2F)o1. The first-order valence-corrected chi connectivity index (χ1v) is 13.6. The van der Waals surface area contributed by atoms with Gasteiger partial charge in [-0.1, -0.05) is 47.1 Å². The van der Waals surface area contributed by atoms with Gasteiger partial charge < -0.3 is 20.0 Å². The van der Waals surface area contributed by atoms with E-state index in [1.807, 2.05) is 53.4 Å². The number of aromatic nitrogens is 1. The van der Waals surface area contributed by atoms with Crippen molar-refractivity contribution < 1.29 is 13.6 Å². The van der Waals surface area contributed by atoms with Crippen LogP contribution < -0.4 is 10.6 Å². The number of anilines is 1. The van der Waals surface area contributed by atoms with Crippen LogP contribution in [0.15, 0.2) is 87.9 Å². The number of rotatable bonds is 8. The lowest BCUT2D eigenvalue weighted by molar-refractivity contribution is -0.116. The number of pyridine rings is 1. The van der Waals surface area contributed by atoms with Crippen molar-refractivity contribution in [2.75, 3.05) is 11.9 Å². The van der Waals surface area contributed by atoms with E-state index in [0.717, 1.165) is 23.4 Å². The number of benzene rings is 2. The van der Waals surface area contributed by atoms with Crippen LogP contribution in [0.1, 0.15) is 42.4 Å². The Bertz CT molecular complexity index is 1460. The van der Waals surface area contributed by atoms with Crippen LogP contribution in [0.5, 0.6) is 0 Å². The molecular weight excluding hydrogens is 567 g/mol. The van der Waals surface area contributed by atoms with Gasteiger partial charge in [-0.05, 0) is 72.7 Å². The average Bonchev–Trinajstić information content (AvgIpc) is 3.52. The van der Waals surface area contributed by atoms with E-state index in [2.05, 4.69) is 38.5 Å². The molecule has 1 aliphatic rings. The average molecular weight is 594 g/mol. The summed E-state index contributed by atoms with van der Waals surface area (Å²) in [5, 5.41) is 6.87. The van der Waals surface area contributed by atoms with Gasteiger partial charge in [0.2, 0.25) is 5.91 Å². The standard InChI is InChI=1S/C29H26BrFN4O2S/c1-2-18-7-3-4-8-22(18)33-26(36)14-16-35-28(27(34-29(35)38)23-9-5-6-15-32-23)25-13-12-24(37-25)20-11-10-19(30)17-21(20)31/h3-13,15,17,27-28H,2,14,16H2,1H3,(H,33,36)(H,34,38)/t27-,28+/m0/s1. The molecule has 1 saturated heterocycles. The highest BCUT2D eigenvalue weighted by Crippen LogP contribution is 2.41.